The minimum absolute atomic E-state index is 0.0410. The summed E-state index contributed by atoms with van der Waals surface area (Å²) in [5, 5.41) is 8.90. The molecule has 0 unspecified atom stereocenters. The van der Waals surface area contributed by atoms with Crippen LogP contribution in [0.15, 0.2) is 23.1 Å². The van der Waals surface area contributed by atoms with Gasteiger partial charge in [-0.3, -0.25) is 4.79 Å². The van der Waals surface area contributed by atoms with E-state index in [1.165, 1.54) is 19.2 Å². The molecule has 2 N–H and O–H groups in total. The molecule has 2 atom stereocenters. The van der Waals surface area contributed by atoms with Gasteiger partial charge in [-0.1, -0.05) is 0 Å². The normalized spacial score (nSPS) is 22.2. The number of carboxylic acid groups (broad SMARTS) is 1. The third-order valence-electron chi connectivity index (χ3n) is 3.54. The lowest BCUT2D eigenvalue weighted by molar-refractivity contribution is -0.141. The summed E-state index contributed by atoms with van der Waals surface area (Å²) in [6.07, 6.45) is 1.13. The fraction of sp³-hybridized carbons (Fsp3) is 0.462. The second-order valence-corrected chi connectivity index (χ2v) is 6.68. The molecule has 8 heteroatoms. The van der Waals surface area contributed by atoms with Gasteiger partial charge in [-0.2, -0.15) is 0 Å². The summed E-state index contributed by atoms with van der Waals surface area (Å²) in [6.45, 7) is 0. The monoisotopic (exact) mass is 317 g/mol. The van der Waals surface area contributed by atoms with Crippen LogP contribution in [0.4, 0.5) is 4.39 Å². The average Bonchev–Trinajstić information content (AvgIpc) is 2.86. The molecule has 2 rings (SSSR count). The highest BCUT2D eigenvalue weighted by molar-refractivity contribution is 7.89. The smallest absolute Gasteiger partial charge is 0.306 e. The SMILES string of the molecule is COc1ccc(S(=O)(=O)N[C@H]2CC[C@@H](C(=O)O)C2)cc1F. The number of halogens is 1. The zero-order valence-corrected chi connectivity index (χ0v) is 12.2. The van der Waals surface area contributed by atoms with Crippen LogP contribution in [-0.4, -0.2) is 32.6 Å². The van der Waals surface area contributed by atoms with Gasteiger partial charge >= 0.3 is 5.97 Å². The first-order chi connectivity index (χ1) is 9.83. The molecular weight excluding hydrogens is 301 g/mol. The Labute approximate surface area is 122 Å². The molecule has 6 nitrogen and oxygen atoms in total. The Bertz CT molecular complexity index is 646. The van der Waals surface area contributed by atoms with Gasteiger partial charge in [0.2, 0.25) is 10.0 Å². The number of methoxy groups -OCH3 is 1. The zero-order chi connectivity index (χ0) is 15.6. The van der Waals surface area contributed by atoms with E-state index in [9.17, 15) is 17.6 Å². The Balaban J connectivity index is 2.12. The summed E-state index contributed by atoms with van der Waals surface area (Å²) < 4.78 is 45.0. The highest BCUT2D eigenvalue weighted by Crippen LogP contribution is 2.27. The first-order valence-electron chi connectivity index (χ1n) is 6.42. The van der Waals surface area contributed by atoms with Crippen LogP contribution < -0.4 is 9.46 Å². The van der Waals surface area contributed by atoms with E-state index in [0.29, 0.717) is 12.8 Å². The quantitative estimate of drug-likeness (QED) is 0.855. The van der Waals surface area contributed by atoms with E-state index in [-0.39, 0.29) is 17.1 Å². The van der Waals surface area contributed by atoms with Gasteiger partial charge in [0, 0.05) is 6.04 Å². The lowest BCUT2D eigenvalue weighted by Crippen LogP contribution is -2.33. The second kappa shape index (κ2) is 5.98. The molecule has 0 heterocycles. The van der Waals surface area contributed by atoms with Crippen molar-refractivity contribution in [1.82, 2.24) is 4.72 Å². The number of sulfonamides is 1. The second-order valence-electron chi connectivity index (χ2n) is 4.96. The third kappa shape index (κ3) is 3.51. The van der Waals surface area contributed by atoms with E-state index in [1.807, 2.05) is 0 Å². The number of hydrogen-bond donors (Lipinski definition) is 2. The number of rotatable bonds is 5. The molecule has 1 aliphatic rings. The summed E-state index contributed by atoms with van der Waals surface area (Å²) in [5.41, 5.74) is 0. The van der Waals surface area contributed by atoms with E-state index in [0.717, 1.165) is 6.07 Å². The van der Waals surface area contributed by atoms with E-state index in [2.05, 4.69) is 4.72 Å². The lowest BCUT2D eigenvalue weighted by atomic mass is 10.1. The maximum absolute atomic E-state index is 13.6. The van der Waals surface area contributed by atoms with Crippen LogP contribution in [0, 0.1) is 11.7 Å². The van der Waals surface area contributed by atoms with Crippen molar-refractivity contribution < 1.29 is 27.4 Å². The van der Waals surface area contributed by atoms with Crippen molar-refractivity contribution in [1.29, 1.82) is 0 Å². The maximum atomic E-state index is 13.6. The van der Waals surface area contributed by atoms with Gasteiger partial charge in [-0.05, 0) is 37.5 Å². The van der Waals surface area contributed by atoms with Crippen molar-refractivity contribution in [3.8, 4) is 5.75 Å². The standard InChI is InChI=1S/C13H16FNO5S/c1-20-12-5-4-10(7-11(12)14)21(18,19)15-9-3-2-8(6-9)13(16)17/h4-5,7-9,15H,2-3,6H2,1H3,(H,16,17)/t8-,9+/m1/s1. The number of aliphatic carboxylic acids is 1. The number of nitrogens with one attached hydrogen (secondary N) is 1. The molecule has 1 aromatic rings. The minimum Gasteiger partial charge on any atom is -0.494 e. The summed E-state index contributed by atoms with van der Waals surface area (Å²) in [6, 6.07) is 2.92. The number of benzene rings is 1. The molecule has 21 heavy (non-hydrogen) atoms. The van der Waals surface area contributed by atoms with Gasteiger partial charge in [0.05, 0.1) is 17.9 Å². The first-order valence-corrected chi connectivity index (χ1v) is 7.90. The number of carboxylic acids is 1. The Hall–Kier alpha value is -1.67. The fourth-order valence-corrected chi connectivity index (χ4v) is 3.71. The van der Waals surface area contributed by atoms with Crippen LogP contribution in [0.1, 0.15) is 19.3 Å². The maximum Gasteiger partial charge on any atom is 0.306 e. The van der Waals surface area contributed by atoms with E-state index in [4.69, 9.17) is 9.84 Å². The van der Waals surface area contributed by atoms with Gasteiger partial charge in [0.15, 0.2) is 11.6 Å². The lowest BCUT2D eigenvalue weighted by Gasteiger charge is -2.13. The van der Waals surface area contributed by atoms with Crippen molar-refractivity contribution in [3.63, 3.8) is 0 Å². The van der Waals surface area contributed by atoms with Gasteiger partial charge in [-0.25, -0.2) is 17.5 Å². The first kappa shape index (κ1) is 15.7. The van der Waals surface area contributed by atoms with Crippen LogP contribution in [0.2, 0.25) is 0 Å². The molecule has 0 aromatic heterocycles. The Morgan fingerprint density at radius 2 is 2.14 bits per heavy atom. The van der Waals surface area contributed by atoms with Crippen LogP contribution >= 0.6 is 0 Å². The van der Waals surface area contributed by atoms with Crippen molar-refractivity contribution in [2.45, 2.75) is 30.2 Å². The number of hydrogen-bond acceptors (Lipinski definition) is 4. The Morgan fingerprint density at radius 1 is 1.43 bits per heavy atom. The Kier molecular flexibility index (Phi) is 4.48. The average molecular weight is 317 g/mol. The Morgan fingerprint density at radius 3 is 2.67 bits per heavy atom. The molecular formula is C13H16FNO5S. The highest BCUT2D eigenvalue weighted by Gasteiger charge is 2.32. The highest BCUT2D eigenvalue weighted by atomic mass is 32.2. The molecule has 0 amide bonds. The third-order valence-corrected chi connectivity index (χ3v) is 5.06. The summed E-state index contributed by atoms with van der Waals surface area (Å²) in [5.74, 6) is -2.27. The molecule has 0 aliphatic heterocycles. The molecule has 116 valence electrons. The van der Waals surface area contributed by atoms with Crippen LogP contribution in [0.5, 0.6) is 5.75 Å². The van der Waals surface area contributed by atoms with Gasteiger partial charge in [0.1, 0.15) is 0 Å². The largest absolute Gasteiger partial charge is 0.494 e. The van der Waals surface area contributed by atoms with E-state index < -0.39 is 33.8 Å². The molecule has 0 radical (unpaired) electrons. The number of carbonyl (C=O) groups is 1. The summed E-state index contributed by atoms with van der Waals surface area (Å²) in [7, 11) is -2.59. The van der Waals surface area contributed by atoms with Crippen LogP contribution in [0.25, 0.3) is 0 Å². The topological polar surface area (TPSA) is 92.7 Å². The van der Waals surface area contributed by atoms with Crippen molar-refractivity contribution >= 4 is 16.0 Å². The van der Waals surface area contributed by atoms with Gasteiger partial charge < -0.3 is 9.84 Å². The number of ether oxygens (including phenoxy) is 1. The van der Waals surface area contributed by atoms with Crippen molar-refractivity contribution in [2.75, 3.05) is 7.11 Å². The molecule has 1 fully saturated rings. The molecule has 0 bridgehead atoms. The predicted molar refractivity (Wildman–Crippen MR) is 72.0 cm³/mol. The molecule has 1 saturated carbocycles. The van der Waals surface area contributed by atoms with Gasteiger partial charge in [-0.15, -0.1) is 0 Å². The molecule has 1 aromatic carbocycles. The van der Waals surface area contributed by atoms with E-state index in [1.54, 1.807) is 0 Å². The predicted octanol–water partition coefficient (Wildman–Crippen LogP) is 1.37. The van der Waals surface area contributed by atoms with Gasteiger partial charge in [0.25, 0.3) is 0 Å². The van der Waals surface area contributed by atoms with Crippen molar-refractivity contribution in [3.05, 3.63) is 24.0 Å². The zero-order valence-electron chi connectivity index (χ0n) is 11.4. The summed E-state index contributed by atoms with van der Waals surface area (Å²) in [4.78, 5) is 10.6. The fourth-order valence-electron chi connectivity index (χ4n) is 2.41. The molecule has 0 spiro atoms. The van der Waals surface area contributed by atoms with Crippen molar-refractivity contribution in [2.24, 2.45) is 5.92 Å². The van der Waals surface area contributed by atoms with E-state index >= 15 is 0 Å². The van der Waals surface area contributed by atoms with Crippen LogP contribution in [-0.2, 0) is 14.8 Å². The molecule has 0 saturated heterocycles. The van der Waals surface area contributed by atoms with Crippen LogP contribution in [0.3, 0.4) is 0 Å². The minimum atomic E-state index is -3.88. The summed E-state index contributed by atoms with van der Waals surface area (Å²) >= 11 is 0. The molecule has 1 aliphatic carbocycles.